The van der Waals surface area contributed by atoms with Crippen molar-refractivity contribution in [3.05, 3.63) is 12.2 Å². The van der Waals surface area contributed by atoms with Crippen molar-refractivity contribution in [3.8, 4) is 0 Å². The van der Waals surface area contributed by atoms with Gasteiger partial charge in [0.15, 0.2) is 0 Å². The number of carboxylic acids is 1. The minimum Gasteiger partial charge on any atom is -0.478 e. The summed E-state index contributed by atoms with van der Waals surface area (Å²) in [6.07, 6.45) is 55.0. The molecule has 0 aromatic rings. The lowest BCUT2D eigenvalue weighted by Gasteiger charge is -2.25. The first-order chi connectivity index (χ1) is 24.9. The minimum absolute atomic E-state index is 0.176. The predicted octanol–water partition coefficient (Wildman–Crippen LogP) is 17.3. The van der Waals surface area contributed by atoms with Gasteiger partial charge in [0.2, 0.25) is 0 Å². The molecular weight excluding hydrogens is 625 g/mol. The van der Waals surface area contributed by atoms with Crippen molar-refractivity contribution in [1.29, 1.82) is 0 Å². The molecule has 3 heteroatoms. The number of hydrogen-bond acceptors (Lipinski definition) is 2. The summed E-state index contributed by atoms with van der Waals surface area (Å²) in [5.41, 5.74) is 0.176. The van der Waals surface area contributed by atoms with Gasteiger partial charge in [-0.15, -0.1) is 0 Å². The second kappa shape index (κ2) is 45.3. The summed E-state index contributed by atoms with van der Waals surface area (Å²) in [6, 6.07) is 0. The second-order valence-electron chi connectivity index (χ2n) is 16.2. The predicted molar refractivity (Wildman–Crippen MR) is 229 cm³/mol. The molecule has 0 radical (unpaired) electrons. The van der Waals surface area contributed by atoms with E-state index in [0.29, 0.717) is 12.2 Å². The number of unbranched alkanes of at least 4 members (excludes halogenated alkanes) is 30. The Hall–Kier alpha value is -0.830. The summed E-state index contributed by atoms with van der Waals surface area (Å²) in [4.78, 5) is 9.60. The average molecular weight is 721 g/mol. The largest absolute Gasteiger partial charge is 0.478 e. The number of hydrogen-bond donors (Lipinski definition) is 1. The topological polar surface area (TPSA) is 46.5 Å². The van der Waals surface area contributed by atoms with Crippen molar-refractivity contribution < 1.29 is 14.6 Å². The van der Waals surface area contributed by atoms with Crippen LogP contribution in [0.2, 0.25) is 0 Å². The Kier molecular flexibility index (Phi) is 46.5. The first-order valence-electron chi connectivity index (χ1n) is 23.5. The van der Waals surface area contributed by atoms with Crippen molar-refractivity contribution in [2.24, 2.45) is 0 Å². The van der Waals surface area contributed by atoms with E-state index in [1.807, 2.05) is 0 Å². The van der Waals surface area contributed by atoms with Crippen LogP contribution in [0.15, 0.2) is 12.2 Å². The molecule has 0 spiro atoms. The van der Waals surface area contributed by atoms with Crippen LogP contribution in [0.1, 0.15) is 279 Å². The minimum atomic E-state index is -0.935. The van der Waals surface area contributed by atoms with Crippen LogP contribution in [0.3, 0.4) is 0 Å². The fourth-order valence-electron chi connectivity index (χ4n) is 7.18. The number of carbonyl (C=O) groups is 1. The third kappa shape index (κ3) is 45.3. The summed E-state index contributed by atoms with van der Waals surface area (Å²) in [7, 11) is 0. The van der Waals surface area contributed by atoms with E-state index in [9.17, 15) is 4.79 Å². The van der Waals surface area contributed by atoms with Crippen LogP contribution in [0.5, 0.6) is 0 Å². The van der Waals surface area contributed by atoms with E-state index < -0.39 is 5.97 Å². The highest BCUT2D eigenvalue weighted by atomic mass is 16.5. The van der Waals surface area contributed by atoms with Crippen molar-refractivity contribution >= 4 is 5.97 Å². The van der Waals surface area contributed by atoms with Crippen LogP contribution in [0, 0.1) is 0 Å². The average Bonchev–Trinajstić information content (AvgIpc) is 3.12. The quantitative estimate of drug-likeness (QED) is 0.0505. The molecule has 0 saturated carbocycles. The van der Waals surface area contributed by atoms with E-state index in [1.165, 1.54) is 251 Å². The van der Waals surface area contributed by atoms with Crippen LogP contribution in [0.25, 0.3) is 0 Å². The molecule has 0 aliphatic rings. The van der Waals surface area contributed by atoms with Gasteiger partial charge in [0.05, 0.1) is 12.2 Å². The highest BCUT2D eigenvalue weighted by molar-refractivity contribution is 5.84. The van der Waals surface area contributed by atoms with Crippen molar-refractivity contribution in [2.45, 2.75) is 291 Å². The van der Waals surface area contributed by atoms with E-state index in [2.05, 4.69) is 34.3 Å². The molecule has 1 N–H and O–H groups in total. The smallest absolute Gasteiger partial charge is 0.330 e. The van der Waals surface area contributed by atoms with Crippen LogP contribution in [-0.4, -0.2) is 23.3 Å². The van der Waals surface area contributed by atoms with Gasteiger partial charge in [0.1, 0.15) is 0 Å². The Morgan fingerprint density at radius 3 is 0.765 bits per heavy atom. The number of rotatable bonds is 41. The monoisotopic (exact) mass is 721 g/mol. The van der Waals surface area contributed by atoms with Gasteiger partial charge in [-0.05, 0) is 32.6 Å². The Morgan fingerprint density at radius 2 is 0.569 bits per heavy atom. The van der Waals surface area contributed by atoms with E-state index in [0.717, 1.165) is 0 Å². The molecule has 51 heavy (non-hydrogen) atoms. The molecule has 2 atom stereocenters. The lowest BCUT2D eigenvalue weighted by molar-refractivity contribution is -0.132. The zero-order valence-electron chi connectivity index (χ0n) is 36.0. The lowest BCUT2D eigenvalue weighted by atomic mass is 10.0. The molecule has 0 aliphatic heterocycles. The van der Waals surface area contributed by atoms with Gasteiger partial charge in [0.25, 0.3) is 0 Å². The van der Waals surface area contributed by atoms with Gasteiger partial charge in [0, 0.05) is 5.57 Å². The van der Waals surface area contributed by atoms with E-state index in [4.69, 9.17) is 9.84 Å². The molecule has 0 aliphatic carbocycles. The summed E-state index contributed by atoms with van der Waals surface area (Å²) in [5.74, 6) is -0.935. The van der Waals surface area contributed by atoms with E-state index in [-0.39, 0.29) is 5.57 Å². The van der Waals surface area contributed by atoms with Gasteiger partial charge in [-0.25, -0.2) is 4.79 Å². The van der Waals surface area contributed by atoms with Gasteiger partial charge >= 0.3 is 5.97 Å². The third-order valence-electron chi connectivity index (χ3n) is 10.8. The molecule has 0 fully saturated rings. The third-order valence-corrected chi connectivity index (χ3v) is 10.8. The number of aliphatic carboxylic acids is 1. The standard InChI is InChI=1S/C44H90O.C4H6O2/c1-5-9-13-15-17-19-21-23-25-27-29-31-33-35-37-41-43(39-11-7-3)45-44(40-12-8-4)42-38-36-34-32-30-28-26-24-22-20-18-16-14-10-6-2;1-3(2)4(5)6/h43-44H,5-42H2,1-4H3;1H2,2H3,(H,5,6). The Balaban J connectivity index is 0. The molecule has 0 amide bonds. The maximum Gasteiger partial charge on any atom is 0.330 e. The molecule has 2 unspecified atom stereocenters. The summed E-state index contributed by atoms with van der Waals surface area (Å²) in [6.45, 7) is 13.9. The number of ether oxygens (including phenoxy) is 1. The van der Waals surface area contributed by atoms with Gasteiger partial charge in [-0.2, -0.15) is 0 Å². The van der Waals surface area contributed by atoms with Crippen molar-refractivity contribution in [2.75, 3.05) is 0 Å². The van der Waals surface area contributed by atoms with Crippen molar-refractivity contribution in [1.82, 2.24) is 0 Å². The maximum atomic E-state index is 9.60. The molecule has 0 aromatic carbocycles. The summed E-state index contributed by atoms with van der Waals surface area (Å²) < 4.78 is 6.89. The fourth-order valence-corrected chi connectivity index (χ4v) is 7.18. The zero-order chi connectivity index (χ0) is 37.9. The van der Waals surface area contributed by atoms with Crippen LogP contribution in [0.4, 0.5) is 0 Å². The fraction of sp³-hybridized carbons (Fsp3) is 0.938. The Morgan fingerprint density at radius 1 is 0.392 bits per heavy atom. The van der Waals surface area contributed by atoms with Crippen LogP contribution >= 0.6 is 0 Å². The zero-order valence-corrected chi connectivity index (χ0v) is 36.0. The SMILES string of the molecule is C=C(C)C(=O)O.CCCCCCCCCCCCCCCCCC(CCCC)OC(CCCC)CCCCCCCCCCCCCCCCC. The molecule has 0 rings (SSSR count). The molecule has 0 aromatic heterocycles. The summed E-state index contributed by atoms with van der Waals surface area (Å²) >= 11 is 0. The first kappa shape index (κ1) is 52.3. The van der Waals surface area contributed by atoms with Crippen molar-refractivity contribution in [3.63, 3.8) is 0 Å². The molecule has 0 bridgehead atoms. The second-order valence-corrected chi connectivity index (χ2v) is 16.2. The summed E-state index contributed by atoms with van der Waals surface area (Å²) in [5, 5.41) is 7.89. The van der Waals surface area contributed by atoms with E-state index in [1.54, 1.807) is 0 Å². The van der Waals surface area contributed by atoms with Gasteiger partial charge < -0.3 is 9.84 Å². The van der Waals surface area contributed by atoms with Gasteiger partial charge in [-0.3, -0.25) is 0 Å². The molecule has 306 valence electrons. The Labute approximate surface area is 322 Å². The lowest BCUT2D eigenvalue weighted by Crippen LogP contribution is -2.23. The van der Waals surface area contributed by atoms with E-state index >= 15 is 0 Å². The molecule has 0 heterocycles. The highest BCUT2D eigenvalue weighted by Crippen LogP contribution is 2.23. The normalized spacial score (nSPS) is 12.4. The highest BCUT2D eigenvalue weighted by Gasteiger charge is 2.16. The molecule has 3 nitrogen and oxygen atoms in total. The van der Waals surface area contributed by atoms with Crippen LogP contribution in [-0.2, 0) is 9.53 Å². The maximum absolute atomic E-state index is 9.60. The Bertz CT molecular complexity index is 617. The van der Waals surface area contributed by atoms with Crippen LogP contribution < -0.4 is 0 Å². The molecular formula is C48H96O3. The molecule has 0 saturated heterocycles. The first-order valence-corrected chi connectivity index (χ1v) is 23.5. The number of carboxylic acid groups (broad SMARTS) is 1. The van der Waals surface area contributed by atoms with Gasteiger partial charge in [-0.1, -0.05) is 253 Å².